The third kappa shape index (κ3) is 5.16. The Balaban J connectivity index is 1.51. The van der Waals surface area contributed by atoms with Gasteiger partial charge in [-0.05, 0) is 49.1 Å². The van der Waals surface area contributed by atoms with Crippen LogP contribution in [-0.2, 0) is 15.8 Å². The molecule has 1 fully saturated rings. The van der Waals surface area contributed by atoms with Crippen LogP contribution in [0.2, 0.25) is 0 Å². The van der Waals surface area contributed by atoms with Crippen LogP contribution in [0.5, 0.6) is 0 Å². The van der Waals surface area contributed by atoms with Crippen LogP contribution in [0.25, 0.3) is 0 Å². The molecule has 0 radical (unpaired) electrons. The zero-order chi connectivity index (χ0) is 20.0. The number of hydrogen-bond donors (Lipinski definition) is 1. The van der Waals surface area contributed by atoms with Gasteiger partial charge < -0.3 is 5.32 Å². The summed E-state index contributed by atoms with van der Waals surface area (Å²) in [6.45, 7) is 3.74. The Bertz CT molecular complexity index is 923. The maximum atomic E-state index is 12.7. The van der Waals surface area contributed by atoms with E-state index in [0.29, 0.717) is 25.2 Å². The number of benzene rings is 2. The van der Waals surface area contributed by atoms with Crippen LogP contribution in [0.3, 0.4) is 0 Å². The Labute approximate surface area is 171 Å². The molecule has 0 aromatic heterocycles. The van der Waals surface area contributed by atoms with Crippen molar-refractivity contribution in [2.45, 2.75) is 30.4 Å². The Morgan fingerprint density at radius 2 is 1.86 bits per heavy atom. The van der Waals surface area contributed by atoms with Gasteiger partial charge >= 0.3 is 0 Å². The highest BCUT2D eigenvalue weighted by Gasteiger charge is 2.27. The normalized spacial score (nSPS) is 14.9. The lowest BCUT2D eigenvalue weighted by Crippen LogP contribution is -2.29. The first-order chi connectivity index (χ1) is 13.5. The Morgan fingerprint density at radius 3 is 2.61 bits per heavy atom. The van der Waals surface area contributed by atoms with E-state index in [-0.39, 0.29) is 10.8 Å². The van der Waals surface area contributed by atoms with Crippen LogP contribution in [0.1, 0.15) is 34.3 Å². The van der Waals surface area contributed by atoms with Crippen molar-refractivity contribution in [1.29, 1.82) is 0 Å². The summed E-state index contributed by atoms with van der Waals surface area (Å²) in [7, 11) is -3.51. The summed E-state index contributed by atoms with van der Waals surface area (Å²) in [6, 6.07) is 14.6. The Hall–Kier alpha value is -1.83. The average Bonchev–Trinajstić information content (AvgIpc) is 3.25. The molecule has 3 rings (SSSR count). The van der Waals surface area contributed by atoms with Gasteiger partial charge in [0.2, 0.25) is 10.0 Å². The SMILES string of the molecule is Cc1ccccc1CSCCNC(=O)c1cccc(S(=O)(=O)N2CCCC2)c1. The second kappa shape index (κ2) is 9.58. The minimum absolute atomic E-state index is 0.191. The number of amides is 1. The van der Waals surface area contributed by atoms with E-state index in [1.165, 1.54) is 21.5 Å². The Kier molecular flexibility index (Phi) is 7.15. The lowest BCUT2D eigenvalue weighted by Gasteiger charge is -2.16. The molecule has 2 aromatic rings. The summed E-state index contributed by atoms with van der Waals surface area (Å²) >= 11 is 1.76. The number of carbonyl (C=O) groups excluding carboxylic acids is 1. The molecule has 0 bridgehead atoms. The van der Waals surface area contributed by atoms with Crippen molar-refractivity contribution in [1.82, 2.24) is 9.62 Å². The molecule has 5 nitrogen and oxygen atoms in total. The zero-order valence-corrected chi connectivity index (χ0v) is 17.7. The monoisotopic (exact) mass is 418 g/mol. The van der Waals surface area contributed by atoms with E-state index < -0.39 is 10.0 Å². The fourth-order valence-electron chi connectivity index (χ4n) is 3.17. The van der Waals surface area contributed by atoms with Crippen LogP contribution in [-0.4, -0.2) is 44.0 Å². The summed E-state index contributed by atoms with van der Waals surface area (Å²) < 4.78 is 26.8. The molecule has 2 aromatic carbocycles. The molecule has 1 heterocycles. The minimum atomic E-state index is -3.51. The average molecular weight is 419 g/mol. The van der Waals surface area contributed by atoms with Crippen LogP contribution in [0, 0.1) is 6.92 Å². The first kappa shape index (κ1) is 20.9. The summed E-state index contributed by atoms with van der Waals surface area (Å²) in [5.41, 5.74) is 2.96. The second-order valence-corrected chi connectivity index (χ2v) is 9.92. The molecule has 1 aliphatic heterocycles. The molecule has 28 heavy (non-hydrogen) atoms. The summed E-state index contributed by atoms with van der Waals surface area (Å²) in [4.78, 5) is 12.6. The molecule has 7 heteroatoms. The van der Waals surface area contributed by atoms with Gasteiger partial charge in [-0.2, -0.15) is 16.1 Å². The van der Waals surface area contributed by atoms with E-state index in [2.05, 4.69) is 24.4 Å². The predicted molar refractivity (Wildman–Crippen MR) is 114 cm³/mol. The zero-order valence-electron chi connectivity index (χ0n) is 16.1. The van der Waals surface area contributed by atoms with Crippen LogP contribution >= 0.6 is 11.8 Å². The molecule has 150 valence electrons. The van der Waals surface area contributed by atoms with Crippen molar-refractivity contribution >= 4 is 27.7 Å². The molecule has 1 N–H and O–H groups in total. The van der Waals surface area contributed by atoms with Crippen LogP contribution in [0.15, 0.2) is 53.4 Å². The summed E-state index contributed by atoms with van der Waals surface area (Å²) in [6.07, 6.45) is 1.78. The van der Waals surface area contributed by atoms with Gasteiger partial charge in [0.05, 0.1) is 4.90 Å². The highest BCUT2D eigenvalue weighted by molar-refractivity contribution is 7.98. The molecule has 0 spiro atoms. The number of rotatable bonds is 8. The summed E-state index contributed by atoms with van der Waals surface area (Å²) in [5, 5.41) is 2.88. The van der Waals surface area contributed by atoms with Crippen LogP contribution < -0.4 is 5.32 Å². The maximum absolute atomic E-state index is 12.7. The number of thioether (sulfide) groups is 1. The summed E-state index contributed by atoms with van der Waals surface area (Å²) in [5.74, 6) is 1.47. The third-order valence-corrected chi connectivity index (χ3v) is 7.75. The number of hydrogen-bond acceptors (Lipinski definition) is 4. The molecule has 0 saturated carbocycles. The first-order valence-corrected chi connectivity index (χ1v) is 12.1. The molecule has 1 saturated heterocycles. The van der Waals surface area contributed by atoms with Gasteiger partial charge in [0.25, 0.3) is 5.91 Å². The lowest BCUT2D eigenvalue weighted by molar-refractivity contribution is 0.0956. The lowest BCUT2D eigenvalue weighted by atomic mass is 10.1. The molecular formula is C21H26N2O3S2. The van der Waals surface area contributed by atoms with E-state index in [9.17, 15) is 13.2 Å². The van der Waals surface area contributed by atoms with E-state index in [1.807, 2.05) is 12.1 Å². The van der Waals surface area contributed by atoms with Crippen molar-refractivity contribution in [3.05, 3.63) is 65.2 Å². The molecular weight excluding hydrogens is 392 g/mol. The van der Waals surface area contributed by atoms with Crippen molar-refractivity contribution in [3.63, 3.8) is 0 Å². The standard InChI is InChI=1S/C21H26N2O3S2/c1-17-7-2-3-8-19(17)16-27-14-11-22-21(24)18-9-6-10-20(15-18)28(25,26)23-12-4-5-13-23/h2-3,6-10,15H,4-5,11-14,16H2,1H3,(H,22,24). The van der Waals surface area contributed by atoms with E-state index in [4.69, 9.17) is 0 Å². The van der Waals surface area contributed by atoms with Gasteiger partial charge in [0, 0.05) is 36.7 Å². The van der Waals surface area contributed by atoms with Gasteiger partial charge in [-0.25, -0.2) is 8.42 Å². The van der Waals surface area contributed by atoms with E-state index in [0.717, 1.165) is 24.3 Å². The van der Waals surface area contributed by atoms with Gasteiger partial charge in [0.15, 0.2) is 0 Å². The number of carbonyl (C=O) groups is 1. The smallest absolute Gasteiger partial charge is 0.251 e. The predicted octanol–water partition coefficient (Wildman–Crippen LogP) is 3.44. The van der Waals surface area contributed by atoms with E-state index in [1.54, 1.807) is 30.0 Å². The quantitative estimate of drug-likeness (QED) is 0.667. The number of aryl methyl sites for hydroxylation is 1. The van der Waals surface area contributed by atoms with Gasteiger partial charge in [-0.1, -0.05) is 30.3 Å². The fourth-order valence-corrected chi connectivity index (χ4v) is 5.67. The fraction of sp³-hybridized carbons (Fsp3) is 0.381. The second-order valence-electron chi connectivity index (χ2n) is 6.87. The molecule has 0 aliphatic carbocycles. The highest BCUT2D eigenvalue weighted by Crippen LogP contribution is 2.21. The first-order valence-electron chi connectivity index (χ1n) is 9.49. The maximum Gasteiger partial charge on any atom is 0.251 e. The third-order valence-electron chi connectivity index (χ3n) is 4.85. The van der Waals surface area contributed by atoms with Crippen LogP contribution in [0.4, 0.5) is 0 Å². The van der Waals surface area contributed by atoms with Gasteiger partial charge in [-0.15, -0.1) is 0 Å². The van der Waals surface area contributed by atoms with Crippen molar-refractivity contribution in [2.24, 2.45) is 0 Å². The largest absolute Gasteiger partial charge is 0.351 e. The van der Waals surface area contributed by atoms with Crippen molar-refractivity contribution in [3.8, 4) is 0 Å². The van der Waals surface area contributed by atoms with Gasteiger partial charge in [0.1, 0.15) is 0 Å². The topological polar surface area (TPSA) is 66.5 Å². The molecule has 1 aliphatic rings. The number of nitrogens with one attached hydrogen (secondary N) is 1. The Morgan fingerprint density at radius 1 is 1.11 bits per heavy atom. The van der Waals surface area contributed by atoms with Crippen molar-refractivity contribution < 1.29 is 13.2 Å². The van der Waals surface area contributed by atoms with E-state index >= 15 is 0 Å². The molecule has 1 amide bonds. The van der Waals surface area contributed by atoms with Crippen molar-refractivity contribution in [2.75, 3.05) is 25.4 Å². The van der Waals surface area contributed by atoms with Gasteiger partial charge in [-0.3, -0.25) is 4.79 Å². The minimum Gasteiger partial charge on any atom is -0.351 e. The highest BCUT2D eigenvalue weighted by atomic mass is 32.2. The molecule has 0 atom stereocenters. The number of nitrogens with zero attached hydrogens (tertiary/aromatic N) is 1. The number of sulfonamides is 1. The molecule has 0 unspecified atom stereocenters.